The first-order valence-corrected chi connectivity index (χ1v) is 9.97. The van der Waals surface area contributed by atoms with Gasteiger partial charge in [-0.2, -0.15) is 0 Å². The van der Waals surface area contributed by atoms with Crippen molar-refractivity contribution < 1.29 is 0 Å². The van der Waals surface area contributed by atoms with Gasteiger partial charge in [0, 0.05) is 25.2 Å². The Kier molecular flexibility index (Phi) is 4.41. The quantitative estimate of drug-likeness (QED) is 0.460. The number of benzene rings is 3. The van der Waals surface area contributed by atoms with E-state index >= 15 is 0 Å². The Morgan fingerprint density at radius 3 is 2.11 bits per heavy atom. The van der Waals surface area contributed by atoms with Crippen LogP contribution in [0.1, 0.15) is 37.5 Å². The fourth-order valence-corrected chi connectivity index (χ4v) is 4.17. The minimum Gasteiger partial charge on any atom is -0.316 e. The molecule has 0 amide bonds. The van der Waals surface area contributed by atoms with Crippen LogP contribution in [0.3, 0.4) is 0 Å². The van der Waals surface area contributed by atoms with Gasteiger partial charge in [-0.15, -0.1) is 0 Å². The van der Waals surface area contributed by atoms with Gasteiger partial charge in [0.15, 0.2) is 0 Å². The fraction of sp³-hybridized carbons (Fsp3) is 0.320. The molecule has 1 aliphatic carbocycles. The smallest absolute Gasteiger partial charge is 0.202 e. The molecule has 3 heteroatoms. The lowest BCUT2D eigenvalue weighted by atomic mass is 9.87. The molecule has 0 atom stereocenters. The highest BCUT2D eigenvalue weighted by Gasteiger charge is 2.21. The number of guanidine groups is 1. The Bertz CT molecular complexity index is 1030. The van der Waals surface area contributed by atoms with Gasteiger partial charge >= 0.3 is 0 Å². The lowest BCUT2D eigenvalue weighted by Crippen LogP contribution is -2.39. The summed E-state index contributed by atoms with van der Waals surface area (Å²) in [6, 6.07) is 19.5. The molecule has 3 nitrogen and oxygen atoms in total. The number of anilines is 2. The van der Waals surface area contributed by atoms with Crippen LogP contribution in [0.2, 0.25) is 0 Å². The van der Waals surface area contributed by atoms with Crippen LogP contribution in [0.4, 0.5) is 11.4 Å². The second-order valence-electron chi connectivity index (χ2n) is 8.82. The number of aryl methyl sites for hydroxylation is 2. The molecule has 0 heterocycles. The Labute approximate surface area is 168 Å². The lowest BCUT2D eigenvalue weighted by molar-refractivity contribution is 0.590. The van der Waals surface area contributed by atoms with Crippen LogP contribution < -0.4 is 9.80 Å². The van der Waals surface area contributed by atoms with Crippen LogP contribution in [0.5, 0.6) is 0 Å². The number of nitrogens with one attached hydrogen (secondary N) is 1. The van der Waals surface area contributed by atoms with E-state index in [0.717, 1.165) is 24.2 Å². The van der Waals surface area contributed by atoms with E-state index in [1.165, 1.54) is 27.5 Å². The van der Waals surface area contributed by atoms with Crippen molar-refractivity contribution in [1.29, 1.82) is 5.41 Å². The van der Waals surface area contributed by atoms with Crippen LogP contribution in [-0.4, -0.2) is 20.1 Å². The zero-order chi connectivity index (χ0) is 20.1. The summed E-state index contributed by atoms with van der Waals surface area (Å²) in [7, 11) is 3.95. The van der Waals surface area contributed by atoms with Gasteiger partial charge in [-0.05, 0) is 58.5 Å². The fourth-order valence-electron chi connectivity index (χ4n) is 4.17. The van der Waals surface area contributed by atoms with Gasteiger partial charge in [0.05, 0.1) is 5.69 Å². The van der Waals surface area contributed by atoms with Gasteiger partial charge in [0.2, 0.25) is 5.96 Å². The van der Waals surface area contributed by atoms with Crippen molar-refractivity contribution in [1.82, 2.24) is 0 Å². The van der Waals surface area contributed by atoms with Gasteiger partial charge in [0.25, 0.3) is 0 Å². The number of nitrogens with zero attached hydrogens (tertiary/aromatic N) is 2. The molecule has 144 valence electrons. The molecule has 3 aromatic carbocycles. The van der Waals surface area contributed by atoms with E-state index in [2.05, 4.69) is 75.4 Å². The van der Waals surface area contributed by atoms with E-state index in [0.29, 0.717) is 5.96 Å². The summed E-state index contributed by atoms with van der Waals surface area (Å²) in [5.74, 6) is 0.460. The summed E-state index contributed by atoms with van der Waals surface area (Å²) in [4.78, 5) is 3.93. The molecular weight excluding hydrogens is 342 g/mol. The van der Waals surface area contributed by atoms with E-state index in [1.807, 2.05) is 23.9 Å². The van der Waals surface area contributed by atoms with E-state index in [4.69, 9.17) is 5.41 Å². The molecule has 0 fully saturated rings. The van der Waals surface area contributed by atoms with Gasteiger partial charge in [-0.3, -0.25) is 5.41 Å². The summed E-state index contributed by atoms with van der Waals surface area (Å²) in [5.41, 5.74) is 6.41. The van der Waals surface area contributed by atoms with E-state index in [1.54, 1.807) is 0 Å². The molecule has 0 radical (unpaired) electrons. The third-order valence-corrected chi connectivity index (χ3v) is 5.97. The van der Waals surface area contributed by atoms with Crippen molar-refractivity contribution in [3.8, 4) is 0 Å². The highest BCUT2D eigenvalue weighted by atomic mass is 15.3. The average molecular weight is 372 g/mol. The lowest BCUT2D eigenvalue weighted by Gasteiger charge is -2.29. The van der Waals surface area contributed by atoms with E-state index < -0.39 is 0 Å². The predicted molar refractivity (Wildman–Crippen MR) is 121 cm³/mol. The monoisotopic (exact) mass is 371 g/mol. The Hall–Kier alpha value is -2.81. The van der Waals surface area contributed by atoms with Crippen LogP contribution in [-0.2, 0) is 18.3 Å². The molecular formula is C25H29N3. The molecule has 0 aromatic heterocycles. The van der Waals surface area contributed by atoms with Crippen LogP contribution in [0.15, 0.2) is 54.6 Å². The molecule has 0 spiro atoms. The van der Waals surface area contributed by atoms with Crippen molar-refractivity contribution >= 4 is 28.1 Å². The van der Waals surface area contributed by atoms with E-state index in [-0.39, 0.29) is 5.41 Å². The molecule has 0 bridgehead atoms. The highest BCUT2D eigenvalue weighted by Crippen LogP contribution is 2.36. The summed E-state index contributed by atoms with van der Waals surface area (Å²) in [5, 5.41) is 11.4. The first kappa shape index (κ1) is 18.5. The standard InChI is InChI=1S/C25H29N3/c1-25(2,3)19-12-14-20(15-13-19)27(4)24(26)28(5)22-16-11-18-10-9-17-7-6-8-21(22)23(17)18/h6-8,11-16,26H,9-10H2,1-5H3. The van der Waals surface area contributed by atoms with Gasteiger partial charge < -0.3 is 9.80 Å². The second kappa shape index (κ2) is 6.66. The minimum absolute atomic E-state index is 0.131. The maximum atomic E-state index is 8.80. The van der Waals surface area contributed by atoms with Gasteiger partial charge in [-0.1, -0.05) is 57.2 Å². The largest absolute Gasteiger partial charge is 0.316 e. The summed E-state index contributed by atoms with van der Waals surface area (Å²) < 4.78 is 0. The van der Waals surface area contributed by atoms with Gasteiger partial charge in [0.1, 0.15) is 0 Å². The molecule has 0 unspecified atom stereocenters. The third kappa shape index (κ3) is 3.05. The van der Waals surface area contributed by atoms with Crippen molar-refractivity contribution in [2.24, 2.45) is 0 Å². The average Bonchev–Trinajstić information content (AvgIpc) is 3.11. The van der Waals surface area contributed by atoms with Crippen LogP contribution in [0.25, 0.3) is 10.8 Å². The maximum Gasteiger partial charge on any atom is 0.202 e. The van der Waals surface area contributed by atoms with Crippen molar-refractivity contribution in [2.75, 3.05) is 23.9 Å². The normalized spacial score (nSPS) is 13.0. The molecule has 3 aromatic rings. The van der Waals surface area contributed by atoms with Gasteiger partial charge in [-0.25, -0.2) is 0 Å². The van der Waals surface area contributed by atoms with Crippen molar-refractivity contribution in [3.05, 3.63) is 71.3 Å². The summed E-state index contributed by atoms with van der Waals surface area (Å²) >= 11 is 0. The molecule has 4 rings (SSSR count). The third-order valence-electron chi connectivity index (χ3n) is 5.97. The first-order valence-electron chi connectivity index (χ1n) is 9.97. The predicted octanol–water partition coefficient (Wildman–Crippen LogP) is 5.74. The van der Waals surface area contributed by atoms with E-state index in [9.17, 15) is 0 Å². The second-order valence-corrected chi connectivity index (χ2v) is 8.82. The maximum absolute atomic E-state index is 8.80. The molecule has 28 heavy (non-hydrogen) atoms. The Balaban J connectivity index is 1.65. The summed E-state index contributed by atoms with van der Waals surface area (Å²) in [6.07, 6.45) is 2.24. The SMILES string of the molecule is CN(C(=N)N(C)c1ccc2c3c(cccc13)CC2)c1ccc(C(C)(C)C)cc1. The Morgan fingerprint density at radius 1 is 0.821 bits per heavy atom. The van der Waals surface area contributed by atoms with Crippen molar-refractivity contribution in [3.63, 3.8) is 0 Å². The molecule has 0 saturated heterocycles. The first-order chi connectivity index (χ1) is 13.3. The summed E-state index contributed by atoms with van der Waals surface area (Å²) in [6.45, 7) is 6.66. The van der Waals surface area contributed by atoms with Crippen molar-refractivity contribution in [2.45, 2.75) is 39.0 Å². The highest BCUT2D eigenvalue weighted by molar-refractivity contribution is 6.10. The van der Waals surface area contributed by atoms with Crippen LogP contribution >= 0.6 is 0 Å². The molecule has 0 aliphatic heterocycles. The number of hydrogen-bond acceptors (Lipinski definition) is 1. The minimum atomic E-state index is 0.131. The zero-order valence-electron chi connectivity index (χ0n) is 17.5. The topological polar surface area (TPSA) is 30.3 Å². The molecule has 1 aliphatic rings. The Morgan fingerprint density at radius 2 is 1.46 bits per heavy atom. The number of hydrogen-bond donors (Lipinski definition) is 1. The number of rotatable bonds is 2. The molecule has 0 saturated carbocycles. The zero-order valence-corrected chi connectivity index (χ0v) is 17.5. The van der Waals surface area contributed by atoms with Crippen LogP contribution in [0, 0.1) is 5.41 Å². The molecule has 1 N–H and O–H groups in total.